The highest BCUT2D eigenvalue weighted by Crippen LogP contribution is 2.25. The fourth-order valence-corrected chi connectivity index (χ4v) is 1.92. The molecule has 2 rings (SSSR count). The summed E-state index contributed by atoms with van der Waals surface area (Å²) in [6.45, 7) is 4.35. The molecular formula is C16H18FNO. The fourth-order valence-electron chi connectivity index (χ4n) is 1.92. The normalized spacial score (nSPS) is 12.2. The van der Waals surface area contributed by atoms with Crippen LogP contribution in [0.2, 0.25) is 0 Å². The van der Waals surface area contributed by atoms with E-state index in [0.29, 0.717) is 6.54 Å². The zero-order valence-corrected chi connectivity index (χ0v) is 11.2. The van der Waals surface area contributed by atoms with Crippen molar-refractivity contribution in [3.63, 3.8) is 0 Å². The van der Waals surface area contributed by atoms with Crippen LogP contribution in [0.4, 0.5) is 4.39 Å². The highest BCUT2D eigenvalue weighted by Gasteiger charge is 2.13. The highest BCUT2D eigenvalue weighted by molar-refractivity contribution is 5.36. The summed E-state index contributed by atoms with van der Waals surface area (Å²) >= 11 is 0. The molecule has 0 saturated heterocycles. The van der Waals surface area contributed by atoms with E-state index >= 15 is 0 Å². The second-order valence-electron chi connectivity index (χ2n) is 4.66. The summed E-state index contributed by atoms with van der Waals surface area (Å²) in [6.07, 6.45) is -0.263. The SMILES string of the molecule is Cc1ccc(C)c(OC(CN)c2ccc(F)cc2)c1. The van der Waals surface area contributed by atoms with Gasteiger partial charge in [-0.2, -0.15) is 0 Å². The minimum absolute atomic E-state index is 0.258. The van der Waals surface area contributed by atoms with Crippen molar-refractivity contribution in [1.29, 1.82) is 0 Å². The number of aryl methyl sites for hydroxylation is 2. The summed E-state index contributed by atoms with van der Waals surface area (Å²) in [5, 5.41) is 0. The van der Waals surface area contributed by atoms with Crippen molar-refractivity contribution in [2.24, 2.45) is 5.73 Å². The van der Waals surface area contributed by atoms with E-state index in [-0.39, 0.29) is 11.9 Å². The monoisotopic (exact) mass is 259 g/mol. The van der Waals surface area contributed by atoms with Gasteiger partial charge in [-0.05, 0) is 48.7 Å². The first-order chi connectivity index (χ1) is 9.10. The number of hydrogen-bond acceptors (Lipinski definition) is 2. The minimum atomic E-state index is -0.263. The van der Waals surface area contributed by atoms with Crippen LogP contribution >= 0.6 is 0 Å². The Kier molecular flexibility index (Phi) is 4.17. The number of halogens is 1. The van der Waals surface area contributed by atoms with E-state index in [4.69, 9.17) is 10.5 Å². The Balaban J connectivity index is 2.23. The molecule has 100 valence electrons. The van der Waals surface area contributed by atoms with E-state index in [1.807, 2.05) is 32.0 Å². The number of nitrogens with two attached hydrogens (primary N) is 1. The maximum absolute atomic E-state index is 12.9. The van der Waals surface area contributed by atoms with Crippen molar-refractivity contribution in [3.8, 4) is 5.75 Å². The average Bonchev–Trinajstić information content (AvgIpc) is 2.41. The predicted molar refractivity (Wildman–Crippen MR) is 74.7 cm³/mol. The third-order valence-corrected chi connectivity index (χ3v) is 3.07. The maximum atomic E-state index is 12.9. The molecule has 3 heteroatoms. The third kappa shape index (κ3) is 3.32. The molecule has 0 aliphatic carbocycles. The molecular weight excluding hydrogens is 241 g/mol. The fraction of sp³-hybridized carbons (Fsp3) is 0.250. The van der Waals surface area contributed by atoms with Gasteiger partial charge in [0.15, 0.2) is 0 Å². The molecule has 1 unspecified atom stereocenters. The molecule has 0 aliphatic heterocycles. The molecule has 1 atom stereocenters. The second kappa shape index (κ2) is 5.85. The van der Waals surface area contributed by atoms with Gasteiger partial charge in [-0.3, -0.25) is 0 Å². The van der Waals surface area contributed by atoms with Gasteiger partial charge in [0, 0.05) is 6.54 Å². The van der Waals surface area contributed by atoms with Gasteiger partial charge >= 0.3 is 0 Å². The molecule has 0 bridgehead atoms. The Morgan fingerprint density at radius 2 is 1.79 bits per heavy atom. The zero-order chi connectivity index (χ0) is 13.8. The number of hydrogen-bond donors (Lipinski definition) is 1. The minimum Gasteiger partial charge on any atom is -0.484 e. The largest absolute Gasteiger partial charge is 0.484 e. The van der Waals surface area contributed by atoms with E-state index in [1.54, 1.807) is 12.1 Å². The molecule has 0 aliphatic rings. The molecule has 0 radical (unpaired) electrons. The van der Waals surface area contributed by atoms with Crippen LogP contribution in [0.1, 0.15) is 22.8 Å². The van der Waals surface area contributed by atoms with Crippen molar-refractivity contribution in [2.75, 3.05) is 6.54 Å². The van der Waals surface area contributed by atoms with E-state index < -0.39 is 0 Å². The van der Waals surface area contributed by atoms with Crippen molar-refractivity contribution in [2.45, 2.75) is 20.0 Å². The molecule has 2 N–H and O–H groups in total. The number of rotatable bonds is 4. The molecule has 2 nitrogen and oxygen atoms in total. The van der Waals surface area contributed by atoms with Gasteiger partial charge in [0.1, 0.15) is 17.7 Å². The van der Waals surface area contributed by atoms with Crippen molar-refractivity contribution >= 4 is 0 Å². The first kappa shape index (κ1) is 13.6. The Labute approximate surface area is 113 Å². The van der Waals surface area contributed by atoms with Crippen LogP contribution in [0, 0.1) is 19.7 Å². The van der Waals surface area contributed by atoms with E-state index in [1.165, 1.54) is 12.1 Å². The maximum Gasteiger partial charge on any atom is 0.136 e. The van der Waals surface area contributed by atoms with Gasteiger partial charge in [0.25, 0.3) is 0 Å². The van der Waals surface area contributed by atoms with Crippen molar-refractivity contribution < 1.29 is 9.13 Å². The van der Waals surface area contributed by atoms with Crippen molar-refractivity contribution in [3.05, 3.63) is 65.0 Å². The molecule has 19 heavy (non-hydrogen) atoms. The van der Waals surface area contributed by atoms with Gasteiger partial charge in [0.05, 0.1) is 0 Å². The topological polar surface area (TPSA) is 35.2 Å². The summed E-state index contributed by atoms with van der Waals surface area (Å²) in [6, 6.07) is 12.3. The molecule has 0 spiro atoms. The zero-order valence-electron chi connectivity index (χ0n) is 11.2. The van der Waals surface area contributed by atoms with Crippen LogP contribution in [0.15, 0.2) is 42.5 Å². The van der Waals surface area contributed by atoms with Gasteiger partial charge in [0.2, 0.25) is 0 Å². The molecule has 0 heterocycles. The van der Waals surface area contributed by atoms with Crippen LogP contribution in [-0.4, -0.2) is 6.54 Å². The Morgan fingerprint density at radius 1 is 1.11 bits per heavy atom. The van der Waals surface area contributed by atoms with E-state index in [2.05, 4.69) is 0 Å². The summed E-state index contributed by atoms with van der Waals surface area (Å²) in [5.41, 5.74) is 8.84. The van der Waals surface area contributed by atoms with Gasteiger partial charge in [-0.25, -0.2) is 4.39 Å². The highest BCUT2D eigenvalue weighted by atomic mass is 19.1. The van der Waals surface area contributed by atoms with Crippen molar-refractivity contribution in [1.82, 2.24) is 0 Å². The lowest BCUT2D eigenvalue weighted by Crippen LogP contribution is -2.18. The second-order valence-corrected chi connectivity index (χ2v) is 4.66. The van der Waals surface area contributed by atoms with Crippen LogP contribution in [-0.2, 0) is 0 Å². The molecule has 2 aromatic carbocycles. The Morgan fingerprint density at radius 3 is 2.42 bits per heavy atom. The van der Waals surface area contributed by atoms with Crippen LogP contribution in [0.25, 0.3) is 0 Å². The molecule has 0 amide bonds. The van der Waals surface area contributed by atoms with E-state index in [9.17, 15) is 4.39 Å². The van der Waals surface area contributed by atoms with Gasteiger partial charge in [-0.1, -0.05) is 24.3 Å². The molecule has 2 aromatic rings. The molecule has 0 aromatic heterocycles. The average molecular weight is 259 g/mol. The summed E-state index contributed by atoms with van der Waals surface area (Å²) in [7, 11) is 0. The molecule has 0 fully saturated rings. The molecule has 0 saturated carbocycles. The summed E-state index contributed by atoms with van der Waals surface area (Å²) in [5.74, 6) is 0.561. The number of ether oxygens (including phenoxy) is 1. The van der Waals surface area contributed by atoms with Crippen LogP contribution < -0.4 is 10.5 Å². The Bertz CT molecular complexity index is 551. The van der Waals surface area contributed by atoms with Crippen LogP contribution in [0.5, 0.6) is 5.75 Å². The summed E-state index contributed by atoms with van der Waals surface area (Å²) in [4.78, 5) is 0. The first-order valence-corrected chi connectivity index (χ1v) is 6.29. The van der Waals surface area contributed by atoms with Gasteiger partial charge < -0.3 is 10.5 Å². The lowest BCUT2D eigenvalue weighted by molar-refractivity contribution is 0.212. The Hall–Kier alpha value is -1.87. The summed E-state index contributed by atoms with van der Waals surface area (Å²) < 4.78 is 18.9. The van der Waals surface area contributed by atoms with Gasteiger partial charge in [-0.15, -0.1) is 0 Å². The smallest absolute Gasteiger partial charge is 0.136 e. The lowest BCUT2D eigenvalue weighted by Gasteiger charge is -2.19. The number of benzene rings is 2. The van der Waals surface area contributed by atoms with Crippen LogP contribution in [0.3, 0.4) is 0 Å². The standard InChI is InChI=1S/C16H18FNO/c1-11-3-4-12(2)15(9-11)19-16(10-18)13-5-7-14(17)8-6-13/h3-9,16H,10,18H2,1-2H3. The predicted octanol–water partition coefficient (Wildman–Crippen LogP) is 3.52. The van der Waals surface area contributed by atoms with E-state index in [0.717, 1.165) is 22.4 Å². The lowest BCUT2D eigenvalue weighted by atomic mass is 10.1. The third-order valence-electron chi connectivity index (χ3n) is 3.07. The quantitative estimate of drug-likeness (QED) is 0.911. The first-order valence-electron chi connectivity index (χ1n) is 6.29.